The van der Waals surface area contributed by atoms with Gasteiger partial charge in [-0.2, -0.15) is 0 Å². The molecule has 0 aliphatic carbocycles. The van der Waals surface area contributed by atoms with E-state index in [1.54, 1.807) is 49.4 Å². The van der Waals surface area contributed by atoms with Gasteiger partial charge in [-0.3, -0.25) is 0 Å². The Morgan fingerprint density at radius 2 is 1.74 bits per heavy atom. The van der Waals surface area contributed by atoms with Crippen LogP contribution in [-0.4, -0.2) is 22.6 Å². The molecule has 1 aliphatic rings. The van der Waals surface area contributed by atoms with Crippen molar-refractivity contribution in [1.82, 2.24) is 0 Å². The predicted octanol–water partition coefficient (Wildman–Crippen LogP) is 3.56. The summed E-state index contributed by atoms with van der Waals surface area (Å²) in [5, 5.41) is 5.20. The summed E-state index contributed by atoms with van der Waals surface area (Å²) < 4.78 is 68.8. The van der Waals surface area contributed by atoms with Crippen LogP contribution in [0.2, 0.25) is 0 Å². The Bertz CT molecular complexity index is 1380. The number of sulfone groups is 1. The van der Waals surface area contributed by atoms with Gasteiger partial charge in [0.25, 0.3) is 0 Å². The number of fused-ring (bicyclic) bond motifs is 3. The number of rotatable bonds is 5. The van der Waals surface area contributed by atoms with Gasteiger partial charge in [-0.1, -0.05) is 43.3 Å². The Morgan fingerprint density at radius 3 is 2.42 bits per heavy atom. The minimum Gasteiger partial charge on any atom is -0.480 e. The molecule has 0 aromatic heterocycles. The lowest BCUT2D eigenvalue weighted by molar-refractivity contribution is 0.242. The first-order valence-electron chi connectivity index (χ1n) is 9.50. The van der Waals surface area contributed by atoms with Gasteiger partial charge in [0.15, 0.2) is 9.84 Å². The molecule has 31 heavy (non-hydrogen) atoms. The third-order valence-electron chi connectivity index (χ3n) is 5.13. The van der Waals surface area contributed by atoms with Crippen molar-refractivity contribution in [3.8, 4) is 16.9 Å². The number of halogens is 1. The van der Waals surface area contributed by atoms with Crippen molar-refractivity contribution in [1.29, 1.82) is 0 Å². The summed E-state index contributed by atoms with van der Waals surface area (Å²) >= 11 is 0. The summed E-state index contributed by atoms with van der Waals surface area (Å²) in [6, 6.07) is 15.6. The lowest BCUT2D eigenvalue weighted by atomic mass is 9.88. The third-order valence-corrected chi connectivity index (χ3v) is 7.64. The average molecular weight is 462 g/mol. The first-order valence-corrected chi connectivity index (χ1v) is 12.9. The van der Waals surface area contributed by atoms with Crippen LogP contribution in [0.3, 0.4) is 0 Å². The fourth-order valence-electron chi connectivity index (χ4n) is 3.78. The highest BCUT2D eigenvalue weighted by Gasteiger charge is 2.32. The SMILES string of the molecule is CCS(=O)(=O)c1cccc2c1-c1ccc(CS(N)(=O)=O)cc1C(c1cccc(F)c1)O2. The van der Waals surface area contributed by atoms with E-state index in [0.717, 1.165) is 0 Å². The van der Waals surface area contributed by atoms with Crippen molar-refractivity contribution < 1.29 is 26.0 Å². The fraction of sp³-hybridized carbons (Fsp3) is 0.182. The van der Waals surface area contributed by atoms with Crippen molar-refractivity contribution in [3.63, 3.8) is 0 Å². The van der Waals surface area contributed by atoms with Crippen LogP contribution < -0.4 is 9.88 Å². The maximum Gasteiger partial charge on any atom is 0.213 e. The molecule has 162 valence electrons. The molecule has 4 rings (SSSR count). The number of primary sulfonamides is 1. The highest BCUT2D eigenvalue weighted by Crippen LogP contribution is 2.48. The van der Waals surface area contributed by atoms with Gasteiger partial charge in [0, 0.05) is 11.1 Å². The van der Waals surface area contributed by atoms with Gasteiger partial charge in [0.2, 0.25) is 10.0 Å². The molecule has 2 N–H and O–H groups in total. The molecule has 1 atom stereocenters. The zero-order valence-electron chi connectivity index (χ0n) is 16.6. The minimum absolute atomic E-state index is 0.0877. The molecule has 0 spiro atoms. The summed E-state index contributed by atoms with van der Waals surface area (Å²) in [6.07, 6.45) is -0.752. The van der Waals surface area contributed by atoms with E-state index in [1.165, 1.54) is 18.2 Å². The summed E-state index contributed by atoms with van der Waals surface area (Å²) in [6.45, 7) is 1.56. The quantitative estimate of drug-likeness (QED) is 0.626. The first-order chi connectivity index (χ1) is 14.6. The number of hydrogen-bond acceptors (Lipinski definition) is 5. The number of sulfonamides is 1. The molecule has 9 heteroatoms. The van der Waals surface area contributed by atoms with E-state index in [9.17, 15) is 21.2 Å². The van der Waals surface area contributed by atoms with Crippen LogP contribution in [0.4, 0.5) is 4.39 Å². The Morgan fingerprint density at radius 1 is 1.00 bits per heavy atom. The lowest BCUT2D eigenvalue weighted by Gasteiger charge is -2.31. The molecule has 1 aliphatic heterocycles. The van der Waals surface area contributed by atoms with E-state index in [-0.39, 0.29) is 10.6 Å². The van der Waals surface area contributed by atoms with E-state index < -0.39 is 37.5 Å². The second-order valence-corrected chi connectivity index (χ2v) is 11.2. The number of nitrogens with two attached hydrogens (primary N) is 1. The van der Waals surface area contributed by atoms with Crippen LogP contribution in [0, 0.1) is 5.82 Å². The van der Waals surface area contributed by atoms with E-state index in [1.807, 2.05) is 0 Å². The monoisotopic (exact) mass is 461 g/mol. The Kier molecular flexibility index (Phi) is 5.36. The van der Waals surface area contributed by atoms with Gasteiger partial charge in [-0.25, -0.2) is 26.4 Å². The van der Waals surface area contributed by atoms with Crippen LogP contribution in [0.25, 0.3) is 11.1 Å². The molecule has 0 radical (unpaired) electrons. The lowest BCUT2D eigenvalue weighted by Crippen LogP contribution is -2.19. The standard InChI is InChI=1S/C22H20FNO5S2/c1-2-30(25,26)20-8-4-7-19-21(20)17-10-9-14(13-31(24,27)28)11-18(17)22(29-19)15-5-3-6-16(23)12-15/h3-12,22H,2,13H2,1H3,(H2,24,27,28). The normalized spacial score (nSPS) is 15.6. The van der Waals surface area contributed by atoms with E-state index >= 15 is 0 Å². The second-order valence-electron chi connectivity index (χ2n) is 7.31. The Hall–Kier alpha value is -2.75. The Labute approximate surface area is 180 Å². The molecule has 6 nitrogen and oxygen atoms in total. The third kappa shape index (κ3) is 4.21. The van der Waals surface area contributed by atoms with E-state index in [0.29, 0.717) is 33.6 Å². The Balaban J connectivity index is 1.99. The minimum atomic E-state index is -3.79. The number of benzene rings is 3. The van der Waals surface area contributed by atoms with Crippen molar-refractivity contribution >= 4 is 19.9 Å². The molecule has 3 aromatic carbocycles. The zero-order valence-corrected chi connectivity index (χ0v) is 18.2. The van der Waals surface area contributed by atoms with Gasteiger partial charge in [-0.15, -0.1) is 0 Å². The molecule has 0 bridgehead atoms. The van der Waals surface area contributed by atoms with Crippen molar-refractivity contribution in [3.05, 3.63) is 83.2 Å². The molecule has 0 amide bonds. The van der Waals surface area contributed by atoms with Crippen molar-refractivity contribution in [2.45, 2.75) is 23.7 Å². The first kappa shape index (κ1) is 21.5. The summed E-state index contributed by atoms with van der Waals surface area (Å²) in [7, 11) is -7.35. The molecular formula is C22H20FNO5S2. The maximum atomic E-state index is 13.9. The highest BCUT2D eigenvalue weighted by molar-refractivity contribution is 7.91. The van der Waals surface area contributed by atoms with Gasteiger partial charge in [-0.05, 0) is 41.0 Å². The predicted molar refractivity (Wildman–Crippen MR) is 115 cm³/mol. The van der Waals surface area contributed by atoms with E-state index in [4.69, 9.17) is 9.88 Å². The number of hydrogen-bond donors (Lipinski definition) is 1. The van der Waals surface area contributed by atoms with Crippen LogP contribution in [0.5, 0.6) is 5.75 Å². The van der Waals surface area contributed by atoms with Crippen molar-refractivity contribution in [2.24, 2.45) is 5.14 Å². The fourth-order valence-corrected chi connectivity index (χ4v) is 5.54. The molecule has 0 fully saturated rings. The molecule has 0 saturated heterocycles. The smallest absolute Gasteiger partial charge is 0.213 e. The number of ether oxygens (including phenoxy) is 1. The largest absolute Gasteiger partial charge is 0.480 e. The molecule has 0 saturated carbocycles. The van der Waals surface area contributed by atoms with Crippen LogP contribution in [0.1, 0.15) is 29.7 Å². The maximum absolute atomic E-state index is 13.9. The summed E-state index contributed by atoms with van der Waals surface area (Å²) in [4.78, 5) is 0.130. The average Bonchev–Trinajstić information content (AvgIpc) is 2.71. The summed E-state index contributed by atoms with van der Waals surface area (Å²) in [5.74, 6) is -0.569. The highest BCUT2D eigenvalue weighted by atomic mass is 32.2. The van der Waals surface area contributed by atoms with Gasteiger partial charge in [0.1, 0.15) is 17.7 Å². The van der Waals surface area contributed by atoms with Gasteiger partial charge in [0.05, 0.1) is 16.4 Å². The van der Waals surface area contributed by atoms with Gasteiger partial charge < -0.3 is 4.74 Å². The van der Waals surface area contributed by atoms with Crippen molar-refractivity contribution in [2.75, 3.05) is 5.75 Å². The van der Waals surface area contributed by atoms with E-state index in [2.05, 4.69) is 0 Å². The molecule has 3 aromatic rings. The topological polar surface area (TPSA) is 104 Å². The molecular weight excluding hydrogens is 441 g/mol. The molecule has 1 heterocycles. The second kappa shape index (κ2) is 7.74. The van der Waals surface area contributed by atoms with Crippen LogP contribution in [-0.2, 0) is 25.6 Å². The summed E-state index contributed by atoms with van der Waals surface area (Å²) in [5.41, 5.74) is 2.47. The van der Waals surface area contributed by atoms with Crippen LogP contribution >= 0.6 is 0 Å². The van der Waals surface area contributed by atoms with Crippen LogP contribution in [0.15, 0.2) is 65.6 Å². The molecule has 1 unspecified atom stereocenters. The zero-order chi connectivity index (χ0) is 22.4. The van der Waals surface area contributed by atoms with Gasteiger partial charge >= 0.3 is 0 Å².